The van der Waals surface area contributed by atoms with E-state index in [0.29, 0.717) is 0 Å². The van der Waals surface area contributed by atoms with Crippen LogP contribution in [-0.2, 0) is 0 Å². The topological polar surface area (TPSA) is 18.5 Å². The molecule has 0 aromatic heterocycles. The maximum absolute atomic E-state index is 5.67. The van der Waals surface area contributed by atoms with E-state index < -0.39 is 0 Å². The number of hydrogen-bond donors (Lipinski definition) is 0. The van der Waals surface area contributed by atoms with E-state index in [-0.39, 0.29) is 0 Å². The molecule has 0 unspecified atom stereocenters. The summed E-state index contributed by atoms with van der Waals surface area (Å²) < 4.78 is 11.7. The predicted molar refractivity (Wildman–Crippen MR) is 73.8 cm³/mol. The van der Waals surface area contributed by atoms with Crippen LogP contribution in [0, 0.1) is 0 Å². The fourth-order valence-corrected chi connectivity index (χ4v) is 2.15. The first kappa shape index (κ1) is 13.8. The van der Waals surface area contributed by atoms with Gasteiger partial charge in [-0.25, -0.2) is 0 Å². The van der Waals surface area contributed by atoms with Crippen LogP contribution in [0.2, 0.25) is 0 Å². The Balaban J connectivity index is 2.36. The molecule has 1 rings (SSSR count). The minimum absolute atomic E-state index is 0.762. The van der Waals surface area contributed by atoms with E-state index in [9.17, 15) is 0 Å². The maximum atomic E-state index is 5.67. The number of unbranched alkanes of at least 4 members (excludes halogenated alkanes) is 2. The molecule has 0 saturated carbocycles. The fraction of sp³-hybridized carbons (Fsp3) is 0.500. The SMILES string of the molecule is COc1ccc(OCCCCCBr)c(Br)c1. The van der Waals surface area contributed by atoms with Gasteiger partial charge >= 0.3 is 0 Å². The lowest BCUT2D eigenvalue weighted by atomic mass is 10.3. The standard InChI is InChI=1S/C12H16Br2O2/c1-15-10-5-6-12(11(14)9-10)16-8-4-2-3-7-13/h5-6,9H,2-4,7-8H2,1H3. The highest BCUT2D eigenvalue weighted by atomic mass is 79.9. The van der Waals surface area contributed by atoms with Gasteiger partial charge < -0.3 is 9.47 Å². The molecule has 0 atom stereocenters. The van der Waals surface area contributed by atoms with Crippen molar-refractivity contribution in [2.24, 2.45) is 0 Å². The molecular formula is C12H16Br2O2. The zero-order chi connectivity index (χ0) is 11.8. The van der Waals surface area contributed by atoms with Gasteiger partial charge in [0.05, 0.1) is 18.2 Å². The largest absolute Gasteiger partial charge is 0.497 e. The molecule has 1 aromatic carbocycles. The number of halogens is 2. The van der Waals surface area contributed by atoms with Gasteiger partial charge in [-0.3, -0.25) is 0 Å². The summed E-state index contributed by atoms with van der Waals surface area (Å²) in [6.07, 6.45) is 3.48. The first-order valence-electron chi connectivity index (χ1n) is 5.30. The zero-order valence-electron chi connectivity index (χ0n) is 9.34. The number of benzene rings is 1. The maximum Gasteiger partial charge on any atom is 0.133 e. The molecule has 0 aliphatic carbocycles. The fourth-order valence-electron chi connectivity index (χ4n) is 1.28. The summed E-state index contributed by atoms with van der Waals surface area (Å²) in [6, 6.07) is 5.74. The van der Waals surface area contributed by atoms with E-state index in [1.165, 1.54) is 12.8 Å². The monoisotopic (exact) mass is 350 g/mol. The minimum atomic E-state index is 0.762. The molecule has 0 bridgehead atoms. The highest BCUT2D eigenvalue weighted by Crippen LogP contribution is 2.29. The van der Waals surface area contributed by atoms with Gasteiger partial charge in [0.15, 0.2) is 0 Å². The van der Waals surface area contributed by atoms with Crippen molar-refractivity contribution in [3.63, 3.8) is 0 Å². The van der Waals surface area contributed by atoms with Crippen molar-refractivity contribution >= 4 is 31.9 Å². The van der Waals surface area contributed by atoms with Crippen LogP contribution in [0.4, 0.5) is 0 Å². The first-order valence-corrected chi connectivity index (χ1v) is 7.21. The number of methoxy groups -OCH3 is 1. The molecule has 0 aliphatic heterocycles. The van der Waals surface area contributed by atoms with Crippen LogP contribution in [0.5, 0.6) is 11.5 Å². The van der Waals surface area contributed by atoms with Gasteiger partial charge in [0.2, 0.25) is 0 Å². The molecule has 0 aliphatic rings. The summed E-state index contributed by atoms with van der Waals surface area (Å²) >= 11 is 6.87. The van der Waals surface area contributed by atoms with E-state index >= 15 is 0 Å². The van der Waals surface area contributed by atoms with E-state index in [1.807, 2.05) is 18.2 Å². The van der Waals surface area contributed by atoms with Crippen molar-refractivity contribution in [1.82, 2.24) is 0 Å². The van der Waals surface area contributed by atoms with Gasteiger partial charge in [-0.15, -0.1) is 0 Å². The molecule has 0 N–H and O–H groups in total. The van der Waals surface area contributed by atoms with Crippen LogP contribution in [0.15, 0.2) is 22.7 Å². The summed E-state index contributed by atoms with van der Waals surface area (Å²) in [5, 5.41) is 1.07. The highest BCUT2D eigenvalue weighted by molar-refractivity contribution is 9.10. The van der Waals surface area contributed by atoms with Crippen molar-refractivity contribution in [3.8, 4) is 11.5 Å². The second kappa shape index (κ2) is 7.96. The normalized spacial score (nSPS) is 10.2. The molecule has 1 aromatic rings. The molecule has 0 spiro atoms. The smallest absolute Gasteiger partial charge is 0.133 e. The summed E-state index contributed by atoms with van der Waals surface area (Å²) in [5.41, 5.74) is 0. The summed E-state index contributed by atoms with van der Waals surface area (Å²) in [6.45, 7) is 0.762. The van der Waals surface area contributed by atoms with E-state index in [4.69, 9.17) is 9.47 Å². The Morgan fingerprint density at radius 3 is 2.62 bits per heavy atom. The van der Waals surface area contributed by atoms with Gasteiger partial charge in [0, 0.05) is 5.33 Å². The molecule has 2 nitrogen and oxygen atoms in total. The third-order valence-electron chi connectivity index (χ3n) is 2.17. The third-order valence-corrected chi connectivity index (χ3v) is 3.36. The molecule has 0 amide bonds. The predicted octanol–water partition coefficient (Wildman–Crippen LogP) is 4.40. The Labute approximate surface area is 114 Å². The van der Waals surface area contributed by atoms with Crippen LogP contribution in [-0.4, -0.2) is 19.0 Å². The first-order chi connectivity index (χ1) is 7.77. The number of ether oxygens (including phenoxy) is 2. The van der Waals surface area contributed by atoms with Gasteiger partial charge in [0.1, 0.15) is 11.5 Å². The number of rotatable bonds is 7. The van der Waals surface area contributed by atoms with E-state index in [2.05, 4.69) is 31.9 Å². The van der Waals surface area contributed by atoms with Gasteiger partial charge in [-0.1, -0.05) is 15.9 Å². The Hall–Kier alpha value is -0.220. The van der Waals surface area contributed by atoms with Crippen molar-refractivity contribution in [2.45, 2.75) is 19.3 Å². The Morgan fingerprint density at radius 1 is 1.19 bits per heavy atom. The molecule has 0 saturated heterocycles. The molecule has 0 radical (unpaired) electrons. The zero-order valence-corrected chi connectivity index (χ0v) is 12.5. The van der Waals surface area contributed by atoms with Gasteiger partial charge in [0.25, 0.3) is 0 Å². The lowest BCUT2D eigenvalue weighted by molar-refractivity contribution is 0.304. The minimum Gasteiger partial charge on any atom is -0.497 e. The van der Waals surface area contributed by atoms with Crippen LogP contribution in [0.3, 0.4) is 0 Å². The Bertz CT molecular complexity index is 316. The van der Waals surface area contributed by atoms with E-state index in [0.717, 1.165) is 34.3 Å². The molecule has 0 fully saturated rings. The lowest BCUT2D eigenvalue weighted by Crippen LogP contribution is -1.98. The number of alkyl halides is 1. The summed E-state index contributed by atoms with van der Waals surface area (Å²) in [5.74, 6) is 1.71. The summed E-state index contributed by atoms with van der Waals surface area (Å²) in [4.78, 5) is 0. The summed E-state index contributed by atoms with van der Waals surface area (Å²) in [7, 11) is 1.66. The molecule has 4 heteroatoms. The van der Waals surface area contributed by atoms with Crippen molar-refractivity contribution in [3.05, 3.63) is 22.7 Å². The number of hydrogen-bond acceptors (Lipinski definition) is 2. The second-order valence-corrected chi connectivity index (χ2v) is 5.04. The van der Waals surface area contributed by atoms with Gasteiger partial charge in [-0.2, -0.15) is 0 Å². The molecular weight excluding hydrogens is 336 g/mol. The van der Waals surface area contributed by atoms with Crippen molar-refractivity contribution < 1.29 is 9.47 Å². The second-order valence-electron chi connectivity index (χ2n) is 3.39. The van der Waals surface area contributed by atoms with Gasteiger partial charge in [-0.05, 0) is 53.4 Å². The van der Waals surface area contributed by atoms with Crippen LogP contribution in [0.25, 0.3) is 0 Å². The lowest BCUT2D eigenvalue weighted by Gasteiger charge is -2.09. The van der Waals surface area contributed by atoms with Crippen molar-refractivity contribution in [2.75, 3.05) is 19.0 Å². The van der Waals surface area contributed by atoms with Crippen LogP contribution < -0.4 is 9.47 Å². The molecule has 16 heavy (non-hydrogen) atoms. The van der Waals surface area contributed by atoms with E-state index in [1.54, 1.807) is 7.11 Å². The quantitative estimate of drug-likeness (QED) is 0.535. The van der Waals surface area contributed by atoms with Crippen LogP contribution in [0.1, 0.15) is 19.3 Å². The average molecular weight is 352 g/mol. The Morgan fingerprint density at radius 2 is 2.00 bits per heavy atom. The third kappa shape index (κ3) is 4.74. The molecule has 90 valence electrons. The van der Waals surface area contributed by atoms with Crippen molar-refractivity contribution in [1.29, 1.82) is 0 Å². The average Bonchev–Trinajstić information content (AvgIpc) is 2.30. The highest BCUT2D eigenvalue weighted by Gasteiger charge is 2.02. The Kier molecular flexibility index (Phi) is 6.88. The molecule has 0 heterocycles. The van der Waals surface area contributed by atoms with Crippen LogP contribution >= 0.6 is 31.9 Å².